The molecule has 0 unspecified atom stereocenters. The van der Waals surface area contributed by atoms with Gasteiger partial charge in [0, 0.05) is 6.42 Å². The molecule has 0 aromatic heterocycles. The Hall–Kier alpha value is -0.723. The van der Waals surface area contributed by atoms with Crippen molar-refractivity contribution in [2.45, 2.75) is 12.8 Å². The second kappa shape index (κ2) is 6.02. The topological polar surface area (TPSA) is 77.4 Å². The summed E-state index contributed by atoms with van der Waals surface area (Å²) in [6, 6.07) is 0. The maximum atomic E-state index is 9.91. The third kappa shape index (κ3) is 7.17. The molecule has 0 rings (SSSR count). The molecule has 11 heavy (non-hydrogen) atoms. The third-order valence-corrected chi connectivity index (χ3v) is 0.929. The van der Waals surface area contributed by atoms with E-state index in [0.29, 0.717) is 0 Å². The first kappa shape index (κ1) is 12.9. The van der Waals surface area contributed by atoms with Gasteiger partial charge < -0.3 is 15.0 Å². The fourth-order valence-electron chi connectivity index (χ4n) is 0.360. The molecule has 0 aliphatic heterocycles. The van der Waals surface area contributed by atoms with Crippen LogP contribution >= 0.6 is 0 Å². The maximum Gasteiger partial charge on any atom is 1.00 e. The molecule has 0 aromatic rings. The van der Waals surface area contributed by atoms with Crippen LogP contribution < -0.4 is 24.0 Å². The average Bonchev–Trinajstić information content (AvgIpc) is 1.82. The second-order valence-corrected chi connectivity index (χ2v) is 1.78. The number of rotatable bonds is 4. The van der Waals surface area contributed by atoms with Gasteiger partial charge in [0.05, 0.1) is 5.97 Å². The molecule has 5 heteroatoms. The van der Waals surface area contributed by atoms with Crippen molar-refractivity contribution in [2.24, 2.45) is 0 Å². The van der Waals surface area contributed by atoms with Gasteiger partial charge in [-0.2, -0.15) is 0 Å². The monoisotopic (exact) mass is 150 g/mol. The molecule has 0 aliphatic rings. The molecule has 0 amide bonds. The van der Waals surface area contributed by atoms with Gasteiger partial charge in [0.2, 0.25) is 0 Å². The summed E-state index contributed by atoms with van der Waals surface area (Å²) in [5.74, 6) is -2.43. The van der Waals surface area contributed by atoms with E-state index in [-0.39, 0.29) is 37.3 Å². The van der Waals surface area contributed by atoms with Crippen LogP contribution in [0.3, 0.4) is 0 Å². The molecule has 4 nitrogen and oxygen atoms in total. The molecule has 0 bridgehead atoms. The molecule has 0 saturated carbocycles. The van der Waals surface area contributed by atoms with E-state index >= 15 is 0 Å². The van der Waals surface area contributed by atoms with E-state index in [0.717, 1.165) is 0 Å². The van der Waals surface area contributed by atoms with Crippen LogP contribution in [0.4, 0.5) is 0 Å². The van der Waals surface area contributed by atoms with Crippen LogP contribution in [0.5, 0.6) is 0 Å². The van der Waals surface area contributed by atoms with E-state index in [9.17, 15) is 14.7 Å². The quantitative estimate of drug-likeness (QED) is 0.329. The summed E-state index contributed by atoms with van der Waals surface area (Å²) in [6.45, 7) is 3.10. The van der Waals surface area contributed by atoms with Gasteiger partial charge >= 0.3 is 24.8 Å². The number of carboxylic acid groups (broad SMARTS) is 2. The summed E-state index contributed by atoms with van der Waals surface area (Å²) in [4.78, 5) is 19.8. The van der Waals surface area contributed by atoms with Crippen LogP contribution in [0.1, 0.15) is 12.8 Å². The fraction of sp³-hybridized carbons (Fsp3) is 0.333. The Labute approximate surface area is 76.1 Å². The Morgan fingerprint density at radius 2 is 1.82 bits per heavy atom. The van der Waals surface area contributed by atoms with Crippen LogP contribution in [0.2, 0.25) is 0 Å². The van der Waals surface area contributed by atoms with Crippen molar-refractivity contribution < 1.29 is 38.7 Å². The molecule has 0 saturated heterocycles. The summed E-state index contributed by atoms with van der Waals surface area (Å²) in [5, 5.41) is 18.0. The van der Waals surface area contributed by atoms with Crippen molar-refractivity contribution in [1.29, 1.82) is 0 Å². The van der Waals surface area contributed by atoms with E-state index in [2.05, 4.69) is 6.58 Å². The smallest absolute Gasteiger partial charge is 0.545 e. The Morgan fingerprint density at radius 1 is 1.36 bits per heavy atom. The first-order chi connectivity index (χ1) is 4.54. The van der Waals surface area contributed by atoms with Gasteiger partial charge in [-0.1, -0.05) is 6.58 Å². The van der Waals surface area contributed by atoms with E-state index in [1.54, 1.807) is 0 Å². The van der Waals surface area contributed by atoms with Crippen LogP contribution in [0.25, 0.3) is 0 Å². The molecule has 0 fully saturated rings. The summed E-state index contributed by atoms with van der Waals surface area (Å²) >= 11 is 0. The van der Waals surface area contributed by atoms with Crippen molar-refractivity contribution in [3.05, 3.63) is 12.2 Å². The summed E-state index contributed by atoms with van der Waals surface area (Å²) in [7, 11) is 0. The van der Waals surface area contributed by atoms with Crippen LogP contribution in [-0.4, -0.2) is 17.0 Å². The Balaban J connectivity index is 0. The van der Waals surface area contributed by atoms with Crippen molar-refractivity contribution in [2.75, 3.05) is 0 Å². The zero-order valence-electron chi connectivity index (χ0n) is 6.29. The maximum absolute atomic E-state index is 9.91. The predicted molar refractivity (Wildman–Crippen MR) is 31.0 cm³/mol. The number of carbonyl (C=O) groups is 2. The van der Waals surface area contributed by atoms with Gasteiger partial charge in [0.1, 0.15) is 0 Å². The number of aliphatic carboxylic acids is 2. The van der Waals surface area contributed by atoms with E-state index < -0.39 is 11.9 Å². The third-order valence-electron chi connectivity index (χ3n) is 0.929. The van der Waals surface area contributed by atoms with Gasteiger partial charge in [-0.25, -0.2) is 0 Å². The summed E-state index contributed by atoms with van der Waals surface area (Å²) in [5.41, 5.74) is -0.178. The SMILES string of the molecule is C=C(CCC(=O)O)C(=O)[O-].[Li+]. The van der Waals surface area contributed by atoms with Gasteiger partial charge in [-0.05, 0) is 12.0 Å². The minimum atomic E-state index is -1.39. The molecule has 0 atom stereocenters. The van der Waals surface area contributed by atoms with Crippen LogP contribution in [0, 0.1) is 0 Å². The minimum Gasteiger partial charge on any atom is -0.545 e. The van der Waals surface area contributed by atoms with Crippen LogP contribution in [0.15, 0.2) is 12.2 Å². The Bertz CT molecular complexity index is 175. The number of hydrogen-bond acceptors (Lipinski definition) is 3. The molecule has 1 N–H and O–H groups in total. The normalized spacial score (nSPS) is 8.00. The van der Waals surface area contributed by atoms with E-state index in [1.807, 2.05) is 0 Å². The van der Waals surface area contributed by atoms with Crippen molar-refractivity contribution >= 4 is 11.9 Å². The molecule has 56 valence electrons. The number of carboxylic acids is 2. The average molecular weight is 150 g/mol. The summed E-state index contributed by atoms with van der Waals surface area (Å²) in [6.07, 6.45) is -0.273. The minimum absolute atomic E-state index is 0. The molecule has 0 spiro atoms. The van der Waals surface area contributed by atoms with E-state index in [4.69, 9.17) is 5.11 Å². The first-order valence-corrected chi connectivity index (χ1v) is 2.65. The molecule has 0 radical (unpaired) electrons. The Morgan fingerprint density at radius 3 is 2.09 bits per heavy atom. The molecular formula is C6H7LiO4. The van der Waals surface area contributed by atoms with Gasteiger partial charge in [-0.3, -0.25) is 4.79 Å². The zero-order chi connectivity index (χ0) is 8.15. The standard InChI is InChI=1S/C6H8O4.Li/c1-4(6(9)10)2-3-5(7)8;/h1-3H2,(H,7,8)(H,9,10);/q;+1/p-1. The second-order valence-electron chi connectivity index (χ2n) is 1.78. The molecular weight excluding hydrogens is 143 g/mol. The van der Waals surface area contributed by atoms with Gasteiger partial charge in [-0.15, -0.1) is 0 Å². The van der Waals surface area contributed by atoms with E-state index in [1.165, 1.54) is 0 Å². The van der Waals surface area contributed by atoms with Crippen molar-refractivity contribution in [1.82, 2.24) is 0 Å². The Kier molecular flexibility index (Phi) is 7.06. The molecule has 0 aromatic carbocycles. The number of hydrogen-bond donors (Lipinski definition) is 1. The van der Waals surface area contributed by atoms with Gasteiger partial charge in [0.25, 0.3) is 0 Å². The van der Waals surface area contributed by atoms with Crippen molar-refractivity contribution in [3.63, 3.8) is 0 Å². The number of carbonyl (C=O) groups excluding carboxylic acids is 1. The molecule has 0 heterocycles. The zero-order valence-corrected chi connectivity index (χ0v) is 6.29. The fourth-order valence-corrected chi connectivity index (χ4v) is 0.360. The predicted octanol–water partition coefficient (Wildman–Crippen LogP) is -3.84. The first-order valence-electron chi connectivity index (χ1n) is 2.65. The van der Waals surface area contributed by atoms with Crippen LogP contribution in [-0.2, 0) is 9.59 Å². The largest absolute Gasteiger partial charge is 1.00 e. The van der Waals surface area contributed by atoms with Gasteiger partial charge in [0.15, 0.2) is 0 Å². The van der Waals surface area contributed by atoms with Crippen molar-refractivity contribution in [3.8, 4) is 0 Å². The molecule has 0 aliphatic carbocycles. The summed E-state index contributed by atoms with van der Waals surface area (Å²) < 4.78 is 0.